The number of hydrogen-bond acceptors (Lipinski definition) is 1. The lowest BCUT2D eigenvalue weighted by Gasteiger charge is -2.05. The van der Waals surface area contributed by atoms with Gasteiger partial charge in [-0.1, -0.05) is 57.9 Å². The number of hydrogen-bond donors (Lipinski definition) is 0. The van der Waals surface area contributed by atoms with Gasteiger partial charge in [0, 0.05) is 5.57 Å². The molecule has 0 aromatic rings. The summed E-state index contributed by atoms with van der Waals surface area (Å²) in [5, 5.41) is 9.15. The van der Waals surface area contributed by atoms with Crippen molar-refractivity contribution in [1.29, 1.82) is 5.26 Å². The third-order valence-electron chi connectivity index (χ3n) is 3.34. The first kappa shape index (κ1) is 16.2. The molecule has 0 unspecified atom stereocenters. The molecule has 17 heavy (non-hydrogen) atoms. The molecule has 0 aromatic carbocycles. The summed E-state index contributed by atoms with van der Waals surface area (Å²) in [4.78, 5) is 0. The first-order valence-electron chi connectivity index (χ1n) is 7.34. The van der Waals surface area contributed by atoms with E-state index in [9.17, 15) is 0 Å². The monoisotopic (exact) mass is 235 g/mol. The third-order valence-corrected chi connectivity index (χ3v) is 3.34. The normalized spacial score (nSPS) is 12.1. The molecule has 98 valence electrons. The molecule has 0 saturated heterocycles. The highest BCUT2D eigenvalue weighted by atomic mass is 14.2. The molecule has 0 saturated carbocycles. The van der Waals surface area contributed by atoms with Gasteiger partial charge in [-0.2, -0.15) is 5.26 Å². The molecule has 0 N–H and O–H groups in total. The van der Waals surface area contributed by atoms with Gasteiger partial charge < -0.3 is 0 Å². The largest absolute Gasteiger partial charge is 0.193 e. The Balaban J connectivity index is 3.89. The lowest BCUT2D eigenvalue weighted by Crippen LogP contribution is -1.89. The molecular formula is C16H29N. The zero-order chi connectivity index (χ0) is 12.9. The minimum Gasteiger partial charge on any atom is -0.193 e. The smallest absolute Gasteiger partial charge is 0.0946 e. The van der Waals surface area contributed by atoms with E-state index < -0.39 is 0 Å². The zero-order valence-electron chi connectivity index (χ0n) is 12.0. The number of rotatable bonds is 10. The van der Waals surface area contributed by atoms with Crippen LogP contribution in [-0.2, 0) is 0 Å². The van der Waals surface area contributed by atoms with Crippen LogP contribution in [0.4, 0.5) is 0 Å². The van der Waals surface area contributed by atoms with Gasteiger partial charge in [-0.15, -0.1) is 0 Å². The molecule has 0 aliphatic rings. The van der Waals surface area contributed by atoms with E-state index in [1.54, 1.807) is 0 Å². The number of unbranched alkanes of at least 4 members (excludes halogenated alkanes) is 6. The van der Waals surface area contributed by atoms with Crippen molar-refractivity contribution in [1.82, 2.24) is 0 Å². The van der Waals surface area contributed by atoms with E-state index in [4.69, 9.17) is 5.26 Å². The van der Waals surface area contributed by atoms with Crippen LogP contribution >= 0.6 is 0 Å². The summed E-state index contributed by atoms with van der Waals surface area (Å²) in [6.07, 6.45) is 12.3. The van der Waals surface area contributed by atoms with Crippen LogP contribution in [0.25, 0.3) is 0 Å². The van der Waals surface area contributed by atoms with E-state index in [0.717, 1.165) is 18.4 Å². The predicted octanol–water partition coefficient (Wildman–Crippen LogP) is 5.77. The Morgan fingerprint density at radius 3 is 1.82 bits per heavy atom. The molecule has 0 aromatic heterocycles. The molecule has 0 fully saturated rings. The topological polar surface area (TPSA) is 23.8 Å². The van der Waals surface area contributed by atoms with Crippen LogP contribution in [0.1, 0.15) is 85.0 Å². The van der Waals surface area contributed by atoms with Crippen LogP contribution in [0, 0.1) is 11.3 Å². The van der Waals surface area contributed by atoms with Gasteiger partial charge in [0.2, 0.25) is 0 Å². The number of nitrogens with zero attached hydrogens (tertiary/aromatic N) is 1. The lowest BCUT2D eigenvalue weighted by molar-refractivity contribution is 0.650. The summed E-state index contributed by atoms with van der Waals surface area (Å²) < 4.78 is 0. The maximum absolute atomic E-state index is 9.15. The fourth-order valence-corrected chi connectivity index (χ4v) is 2.06. The van der Waals surface area contributed by atoms with Crippen LogP contribution < -0.4 is 0 Å². The molecule has 0 bridgehead atoms. The molecular weight excluding hydrogens is 206 g/mol. The quantitative estimate of drug-likeness (QED) is 0.348. The predicted molar refractivity (Wildman–Crippen MR) is 75.8 cm³/mol. The van der Waals surface area contributed by atoms with Crippen molar-refractivity contribution in [3.05, 3.63) is 11.1 Å². The van der Waals surface area contributed by atoms with Crippen molar-refractivity contribution in [3.8, 4) is 6.07 Å². The van der Waals surface area contributed by atoms with Crippen LogP contribution in [0.5, 0.6) is 0 Å². The van der Waals surface area contributed by atoms with Gasteiger partial charge in [-0.05, 0) is 32.6 Å². The van der Waals surface area contributed by atoms with Gasteiger partial charge >= 0.3 is 0 Å². The van der Waals surface area contributed by atoms with Gasteiger partial charge in [0.15, 0.2) is 0 Å². The van der Waals surface area contributed by atoms with E-state index in [2.05, 4.69) is 26.8 Å². The maximum Gasteiger partial charge on any atom is 0.0946 e. The molecule has 0 spiro atoms. The summed E-state index contributed by atoms with van der Waals surface area (Å²) >= 11 is 0. The summed E-state index contributed by atoms with van der Waals surface area (Å²) in [7, 11) is 0. The van der Waals surface area contributed by atoms with E-state index in [1.165, 1.54) is 56.9 Å². The van der Waals surface area contributed by atoms with Crippen LogP contribution in [0.15, 0.2) is 11.1 Å². The highest BCUT2D eigenvalue weighted by Gasteiger charge is 2.02. The third kappa shape index (κ3) is 8.98. The average Bonchev–Trinajstić information content (AvgIpc) is 2.34. The summed E-state index contributed by atoms with van der Waals surface area (Å²) in [6, 6.07) is 2.40. The molecule has 0 rings (SSSR count). The van der Waals surface area contributed by atoms with Gasteiger partial charge in [0.1, 0.15) is 0 Å². The van der Waals surface area contributed by atoms with Gasteiger partial charge in [0.25, 0.3) is 0 Å². The minimum atomic E-state index is 0.996. The highest BCUT2D eigenvalue weighted by Crippen LogP contribution is 2.18. The van der Waals surface area contributed by atoms with Crippen molar-refractivity contribution < 1.29 is 0 Å². The van der Waals surface area contributed by atoms with Crippen LogP contribution in [-0.4, -0.2) is 0 Å². The van der Waals surface area contributed by atoms with Crippen molar-refractivity contribution in [2.75, 3.05) is 0 Å². The van der Waals surface area contributed by atoms with Crippen molar-refractivity contribution in [3.63, 3.8) is 0 Å². The van der Waals surface area contributed by atoms with Gasteiger partial charge in [-0.3, -0.25) is 0 Å². The van der Waals surface area contributed by atoms with Gasteiger partial charge in [-0.25, -0.2) is 0 Å². The number of nitriles is 1. The summed E-state index contributed by atoms with van der Waals surface area (Å²) in [6.45, 7) is 6.60. The Hall–Kier alpha value is -0.770. The van der Waals surface area contributed by atoms with Crippen molar-refractivity contribution >= 4 is 0 Å². The zero-order valence-corrected chi connectivity index (χ0v) is 12.0. The van der Waals surface area contributed by atoms with E-state index >= 15 is 0 Å². The fourth-order valence-electron chi connectivity index (χ4n) is 2.06. The van der Waals surface area contributed by atoms with Crippen LogP contribution in [0.2, 0.25) is 0 Å². The molecule has 0 atom stereocenters. The van der Waals surface area contributed by atoms with Crippen LogP contribution in [0.3, 0.4) is 0 Å². The Morgan fingerprint density at radius 1 is 0.824 bits per heavy atom. The molecule has 0 amide bonds. The van der Waals surface area contributed by atoms with Crippen molar-refractivity contribution in [2.24, 2.45) is 0 Å². The van der Waals surface area contributed by atoms with E-state index in [0.29, 0.717) is 0 Å². The maximum atomic E-state index is 9.15. The first-order chi connectivity index (χ1) is 8.26. The Bertz CT molecular complexity index is 245. The van der Waals surface area contributed by atoms with E-state index in [-0.39, 0.29) is 0 Å². The molecule has 1 nitrogen and oxygen atoms in total. The number of allylic oxidation sites excluding steroid dienone is 2. The molecule has 1 heteroatoms. The molecule has 0 aliphatic heterocycles. The lowest BCUT2D eigenvalue weighted by atomic mass is 9.99. The summed E-state index contributed by atoms with van der Waals surface area (Å²) in [5.41, 5.74) is 2.39. The standard InChI is InChI=1S/C16H29N/c1-4-6-8-10-12-15(3)16(14-17)13-11-9-7-5-2/h4-13H2,1-3H3/b16-15+. The van der Waals surface area contributed by atoms with E-state index in [1.807, 2.05) is 0 Å². The van der Waals surface area contributed by atoms with Crippen molar-refractivity contribution in [2.45, 2.75) is 85.0 Å². The Morgan fingerprint density at radius 2 is 1.35 bits per heavy atom. The minimum absolute atomic E-state index is 0.996. The summed E-state index contributed by atoms with van der Waals surface area (Å²) in [5.74, 6) is 0. The second-order valence-corrected chi connectivity index (χ2v) is 4.99. The average molecular weight is 235 g/mol. The van der Waals surface area contributed by atoms with Gasteiger partial charge in [0.05, 0.1) is 6.07 Å². The second-order valence-electron chi connectivity index (χ2n) is 4.99. The first-order valence-corrected chi connectivity index (χ1v) is 7.34. The molecule has 0 heterocycles. The Labute approximate surface area is 108 Å². The SMILES string of the molecule is CCCCCC/C(C)=C(/C#N)CCCCCC. The fraction of sp³-hybridized carbons (Fsp3) is 0.812. The molecule has 0 radical (unpaired) electrons. The molecule has 0 aliphatic carbocycles. The second kappa shape index (κ2) is 11.7. The Kier molecular flexibility index (Phi) is 11.2. The highest BCUT2D eigenvalue weighted by molar-refractivity contribution is 5.26.